The Kier molecular flexibility index (Phi) is 3.04. The van der Waals surface area contributed by atoms with Crippen molar-refractivity contribution in [1.82, 2.24) is 20.0 Å². The maximum absolute atomic E-state index is 13.5. The van der Waals surface area contributed by atoms with Gasteiger partial charge < -0.3 is 0 Å². The molecule has 0 spiro atoms. The van der Waals surface area contributed by atoms with E-state index in [9.17, 15) is 9.18 Å². The summed E-state index contributed by atoms with van der Waals surface area (Å²) in [4.78, 5) is 17.1. The lowest BCUT2D eigenvalue weighted by Gasteiger charge is -1.99. The highest BCUT2D eigenvalue weighted by Crippen LogP contribution is 2.11. The van der Waals surface area contributed by atoms with Gasteiger partial charge in [-0.25, -0.2) is 4.39 Å². The van der Waals surface area contributed by atoms with Gasteiger partial charge in [0.2, 0.25) is 5.78 Å². The van der Waals surface area contributed by atoms with Gasteiger partial charge in [0.05, 0.1) is 23.6 Å². The Hall–Kier alpha value is -2.89. The van der Waals surface area contributed by atoms with Crippen LogP contribution in [0.2, 0.25) is 0 Å². The molecule has 0 bridgehead atoms. The van der Waals surface area contributed by atoms with Gasteiger partial charge in [0, 0.05) is 6.20 Å². The van der Waals surface area contributed by atoms with Crippen LogP contribution in [-0.2, 0) is 0 Å². The molecule has 0 aliphatic carbocycles. The molecule has 6 heteroatoms. The third kappa shape index (κ3) is 2.18. The van der Waals surface area contributed by atoms with Crippen LogP contribution in [0.25, 0.3) is 5.69 Å². The summed E-state index contributed by atoms with van der Waals surface area (Å²) in [5.74, 6) is -1.20. The average Bonchev–Trinajstić information content (AvgIpc) is 2.98. The van der Waals surface area contributed by atoms with E-state index in [-0.39, 0.29) is 11.3 Å². The first-order chi connectivity index (χ1) is 9.75. The van der Waals surface area contributed by atoms with Gasteiger partial charge in [0.1, 0.15) is 0 Å². The Morgan fingerprint density at radius 3 is 2.65 bits per heavy atom. The zero-order valence-corrected chi connectivity index (χ0v) is 10.3. The van der Waals surface area contributed by atoms with E-state index in [2.05, 4.69) is 15.2 Å². The van der Waals surface area contributed by atoms with Crippen LogP contribution in [0.3, 0.4) is 0 Å². The monoisotopic (exact) mass is 268 g/mol. The highest BCUT2D eigenvalue weighted by atomic mass is 19.1. The summed E-state index contributed by atoms with van der Waals surface area (Å²) in [5, 5.41) is 8.08. The van der Waals surface area contributed by atoms with E-state index in [4.69, 9.17) is 0 Å². The van der Waals surface area contributed by atoms with Crippen molar-refractivity contribution in [3.05, 3.63) is 72.1 Å². The first-order valence-electron chi connectivity index (χ1n) is 5.87. The lowest BCUT2D eigenvalue weighted by molar-refractivity contribution is 0.103. The molecular formula is C14H9FN4O. The van der Waals surface area contributed by atoms with Gasteiger partial charge in [0.15, 0.2) is 11.5 Å². The van der Waals surface area contributed by atoms with Crippen molar-refractivity contribution in [3.63, 3.8) is 0 Å². The average molecular weight is 268 g/mol. The minimum absolute atomic E-state index is 0.0693. The Morgan fingerprint density at radius 2 is 1.90 bits per heavy atom. The Balaban J connectivity index is 1.95. The normalized spacial score (nSPS) is 10.4. The number of nitrogens with zero attached hydrogens (tertiary/aromatic N) is 4. The van der Waals surface area contributed by atoms with Crippen LogP contribution in [0, 0.1) is 5.82 Å². The van der Waals surface area contributed by atoms with Gasteiger partial charge in [-0.1, -0.05) is 18.2 Å². The molecule has 0 atom stereocenters. The smallest absolute Gasteiger partial charge is 0.217 e. The van der Waals surface area contributed by atoms with Crippen LogP contribution < -0.4 is 0 Å². The molecule has 0 unspecified atom stereocenters. The summed E-state index contributed by atoms with van der Waals surface area (Å²) >= 11 is 0. The Labute approximate surface area is 113 Å². The number of carbonyl (C=O) groups excluding carboxylic acids is 1. The van der Waals surface area contributed by atoms with Crippen molar-refractivity contribution in [2.45, 2.75) is 0 Å². The topological polar surface area (TPSA) is 60.7 Å². The lowest BCUT2D eigenvalue weighted by atomic mass is 10.1. The maximum Gasteiger partial charge on any atom is 0.217 e. The Morgan fingerprint density at radius 1 is 1.10 bits per heavy atom. The summed E-state index contributed by atoms with van der Waals surface area (Å²) in [6.45, 7) is 0. The second-order valence-electron chi connectivity index (χ2n) is 4.04. The second kappa shape index (κ2) is 5.00. The minimum atomic E-state index is -0.674. The fraction of sp³-hybridized carbons (Fsp3) is 0. The van der Waals surface area contributed by atoms with Gasteiger partial charge >= 0.3 is 0 Å². The number of pyridine rings is 1. The van der Waals surface area contributed by atoms with Crippen molar-refractivity contribution < 1.29 is 9.18 Å². The third-order valence-electron chi connectivity index (χ3n) is 2.73. The first-order valence-corrected chi connectivity index (χ1v) is 5.87. The van der Waals surface area contributed by atoms with Gasteiger partial charge in [-0.15, -0.1) is 5.10 Å². The highest BCUT2D eigenvalue weighted by molar-refractivity contribution is 6.07. The number of rotatable bonds is 3. The van der Waals surface area contributed by atoms with Crippen molar-refractivity contribution in [2.24, 2.45) is 0 Å². The van der Waals surface area contributed by atoms with E-state index in [0.717, 1.165) is 11.9 Å². The van der Waals surface area contributed by atoms with E-state index >= 15 is 0 Å². The number of hydrogen-bond donors (Lipinski definition) is 0. The van der Waals surface area contributed by atoms with E-state index in [0.29, 0.717) is 0 Å². The molecule has 0 saturated carbocycles. The van der Waals surface area contributed by atoms with Crippen LogP contribution in [-0.4, -0.2) is 25.8 Å². The minimum Gasteiger partial charge on any atom is -0.287 e. The van der Waals surface area contributed by atoms with Crippen molar-refractivity contribution in [1.29, 1.82) is 0 Å². The Bertz CT molecular complexity index is 755. The first kappa shape index (κ1) is 12.2. The summed E-state index contributed by atoms with van der Waals surface area (Å²) < 4.78 is 13.5. The molecule has 98 valence electrons. The molecule has 0 fully saturated rings. The molecule has 2 aromatic heterocycles. The zero-order valence-electron chi connectivity index (χ0n) is 10.3. The number of hydrogen-bond acceptors (Lipinski definition) is 4. The molecule has 0 radical (unpaired) electrons. The number of halogens is 1. The number of para-hydroxylation sites is 1. The van der Waals surface area contributed by atoms with Crippen LogP contribution >= 0.6 is 0 Å². The van der Waals surface area contributed by atoms with Gasteiger partial charge in [-0.3, -0.25) is 9.78 Å². The summed E-state index contributed by atoms with van der Waals surface area (Å²) in [6.07, 6.45) is 3.67. The largest absolute Gasteiger partial charge is 0.287 e. The summed E-state index contributed by atoms with van der Waals surface area (Å²) in [5.41, 5.74) is 0.737. The van der Waals surface area contributed by atoms with E-state index in [1.165, 1.54) is 23.3 Å². The molecule has 0 aliphatic heterocycles. The quantitative estimate of drug-likeness (QED) is 0.682. The molecule has 3 aromatic rings. The van der Waals surface area contributed by atoms with Crippen molar-refractivity contribution >= 4 is 5.78 Å². The number of ketones is 1. The van der Waals surface area contributed by atoms with Crippen LogP contribution in [0.1, 0.15) is 16.1 Å². The SMILES string of the molecule is O=C(c1cnn(-c2ccccc2)n1)c1ccncc1F. The fourth-order valence-electron chi connectivity index (χ4n) is 1.75. The van der Waals surface area contributed by atoms with Crippen LogP contribution in [0.5, 0.6) is 0 Å². The molecule has 1 aromatic carbocycles. The predicted molar refractivity (Wildman–Crippen MR) is 69.0 cm³/mol. The van der Waals surface area contributed by atoms with Gasteiger partial charge in [-0.05, 0) is 18.2 Å². The molecule has 5 nitrogen and oxygen atoms in total. The van der Waals surface area contributed by atoms with Crippen LogP contribution in [0.15, 0.2) is 55.0 Å². The van der Waals surface area contributed by atoms with E-state index < -0.39 is 11.6 Å². The van der Waals surface area contributed by atoms with E-state index in [1.54, 1.807) is 12.1 Å². The molecule has 20 heavy (non-hydrogen) atoms. The van der Waals surface area contributed by atoms with Gasteiger partial charge in [-0.2, -0.15) is 9.90 Å². The number of benzene rings is 1. The van der Waals surface area contributed by atoms with Gasteiger partial charge in [0.25, 0.3) is 0 Å². The number of aromatic nitrogens is 4. The standard InChI is InChI=1S/C14H9FN4O/c15-12-8-16-7-6-11(12)14(20)13-9-17-19(18-13)10-4-2-1-3-5-10/h1-9H. The molecule has 0 aliphatic rings. The lowest BCUT2D eigenvalue weighted by Crippen LogP contribution is -2.06. The maximum atomic E-state index is 13.5. The van der Waals surface area contributed by atoms with Crippen LogP contribution in [0.4, 0.5) is 4.39 Å². The molecule has 0 N–H and O–H groups in total. The van der Waals surface area contributed by atoms with Crippen molar-refractivity contribution in [3.8, 4) is 5.69 Å². The molecule has 0 amide bonds. The number of carbonyl (C=O) groups is 1. The molecule has 2 heterocycles. The molecule has 3 rings (SSSR count). The third-order valence-corrected chi connectivity index (χ3v) is 2.73. The van der Waals surface area contributed by atoms with Crippen molar-refractivity contribution in [2.75, 3.05) is 0 Å². The summed E-state index contributed by atoms with van der Waals surface area (Å²) in [7, 11) is 0. The summed E-state index contributed by atoms with van der Waals surface area (Å²) in [6, 6.07) is 10.5. The highest BCUT2D eigenvalue weighted by Gasteiger charge is 2.17. The second-order valence-corrected chi connectivity index (χ2v) is 4.04. The molecule has 0 saturated heterocycles. The zero-order chi connectivity index (χ0) is 13.9. The predicted octanol–water partition coefficient (Wildman–Crippen LogP) is 2.03. The molecular weight excluding hydrogens is 259 g/mol. The van der Waals surface area contributed by atoms with E-state index in [1.807, 2.05) is 18.2 Å². The fourth-order valence-corrected chi connectivity index (χ4v) is 1.75.